The summed E-state index contributed by atoms with van der Waals surface area (Å²) in [4.78, 5) is 0. The van der Waals surface area contributed by atoms with Crippen LogP contribution in [0.3, 0.4) is 0 Å². The summed E-state index contributed by atoms with van der Waals surface area (Å²) in [6.07, 6.45) is 2.34. The van der Waals surface area contributed by atoms with E-state index in [0.717, 1.165) is 11.1 Å². The highest BCUT2D eigenvalue weighted by atomic mass is 35.5. The smallest absolute Gasteiger partial charge is 0.236 e. The van der Waals surface area contributed by atoms with Crippen molar-refractivity contribution in [2.75, 3.05) is 6.61 Å². The molecule has 1 unspecified atom stereocenters. The molecule has 0 aliphatic carbocycles. The van der Waals surface area contributed by atoms with Crippen molar-refractivity contribution in [3.63, 3.8) is 0 Å². The lowest BCUT2D eigenvalue weighted by Gasteiger charge is -2.13. The summed E-state index contributed by atoms with van der Waals surface area (Å²) >= 11 is 5.87. The molecule has 0 aliphatic heterocycles. The monoisotopic (exact) mass is 242 g/mol. The first kappa shape index (κ1) is 13.2. The highest BCUT2D eigenvalue weighted by molar-refractivity contribution is 6.30. The Morgan fingerprint density at radius 2 is 1.94 bits per heavy atom. The van der Waals surface area contributed by atoms with Gasteiger partial charge >= 0.3 is 0 Å². The van der Waals surface area contributed by atoms with Gasteiger partial charge in [0.1, 0.15) is 0 Å². The molecule has 1 aromatic heterocycles. The third-order valence-electron chi connectivity index (χ3n) is 2.71. The molecule has 0 fully saturated rings. The normalized spacial score (nSPS) is 12.6. The van der Waals surface area contributed by atoms with E-state index in [1.54, 1.807) is 0 Å². The minimum absolute atomic E-state index is 0.450. The van der Waals surface area contributed by atoms with Gasteiger partial charge in [0.2, 0.25) is 5.88 Å². The Labute approximate surface area is 102 Å². The number of halogens is 1. The van der Waals surface area contributed by atoms with Crippen LogP contribution in [0.1, 0.15) is 37.8 Å². The zero-order chi connectivity index (χ0) is 12.1. The van der Waals surface area contributed by atoms with E-state index in [2.05, 4.69) is 24.0 Å². The van der Waals surface area contributed by atoms with Gasteiger partial charge in [-0.15, -0.1) is 10.2 Å². The van der Waals surface area contributed by atoms with Gasteiger partial charge in [-0.3, -0.25) is 0 Å². The van der Waals surface area contributed by atoms with Crippen molar-refractivity contribution >= 4 is 11.6 Å². The Morgan fingerprint density at radius 3 is 2.56 bits per heavy atom. The van der Waals surface area contributed by atoms with Crippen molar-refractivity contribution in [1.82, 2.24) is 10.2 Å². The Kier molecular flexibility index (Phi) is 5.00. The maximum atomic E-state index is 5.87. The number of rotatable bonds is 5. The van der Waals surface area contributed by atoms with E-state index in [9.17, 15) is 0 Å². The van der Waals surface area contributed by atoms with Crippen LogP contribution in [0.5, 0.6) is 5.88 Å². The van der Waals surface area contributed by atoms with Crippen molar-refractivity contribution in [2.24, 2.45) is 5.92 Å². The van der Waals surface area contributed by atoms with E-state index in [-0.39, 0.29) is 0 Å². The topological polar surface area (TPSA) is 35.0 Å². The second-order valence-electron chi connectivity index (χ2n) is 4.25. The third-order valence-corrected chi connectivity index (χ3v) is 3.07. The summed E-state index contributed by atoms with van der Waals surface area (Å²) in [5, 5.41) is 8.27. The minimum Gasteiger partial charge on any atom is -0.476 e. The van der Waals surface area contributed by atoms with Gasteiger partial charge in [-0.25, -0.2) is 0 Å². The molecule has 1 rings (SSSR count). The molecule has 1 atom stereocenters. The average Bonchev–Trinajstić information content (AvgIpc) is 2.25. The summed E-state index contributed by atoms with van der Waals surface area (Å²) in [7, 11) is 0. The number of aromatic nitrogens is 2. The van der Waals surface area contributed by atoms with Crippen LogP contribution >= 0.6 is 11.6 Å². The fourth-order valence-electron chi connectivity index (χ4n) is 1.49. The Morgan fingerprint density at radius 1 is 1.25 bits per heavy atom. The number of hydrogen-bond acceptors (Lipinski definition) is 3. The highest BCUT2D eigenvalue weighted by Gasteiger charge is 2.10. The highest BCUT2D eigenvalue weighted by Crippen LogP contribution is 2.22. The van der Waals surface area contributed by atoms with E-state index in [1.165, 1.54) is 12.8 Å². The van der Waals surface area contributed by atoms with Gasteiger partial charge in [-0.1, -0.05) is 31.9 Å². The van der Waals surface area contributed by atoms with Gasteiger partial charge in [-0.2, -0.15) is 0 Å². The Balaban J connectivity index is 2.64. The molecule has 0 amide bonds. The first-order valence-corrected chi connectivity index (χ1v) is 6.06. The van der Waals surface area contributed by atoms with Crippen molar-refractivity contribution < 1.29 is 4.74 Å². The minimum atomic E-state index is 0.450. The van der Waals surface area contributed by atoms with Gasteiger partial charge < -0.3 is 4.74 Å². The summed E-state index contributed by atoms with van der Waals surface area (Å²) in [6.45, 7) is 8.91. The largest absolute Gasteiger partial charge is 0.476 e. The third kappa shape index (κ3) is 3.34. The van der Waals surface area contributed by atoms with Crippen LogP contribution in [-0.4, -0.2) is 16.8 Å². The van der Waals surface area contributed by atoms with E-state index in [4.69, 9.17) is 16.3 Å². The predicted octanol–water partition coefficient (Wildman–Crippen LogP) is 3.56. The van der Waals surface area contributed by atoms with Crippen LogP contribution in [0.4, 0.5) is 0 Å². The van der Waals surface area contributed by atoms with Crippen LogP contribution in [0.2, 0.25) is 5.15 Å². The van der Waals surface area contributed by atoms with E-state index >= 15 is 0 Å². The molecular weight excluding hydrogens is 224 g/mol. The molecule has 1 aromatic rings. The fraction of sp³-hybridized carbons (Fsp3) is 0.667. The summed E-state index contributed by atoms with van der Waals surface area (Å²) in [5.41, 5.74) is 1.92. The second kappa shape index (κ2) is 6.04. The predicted molar refractivity (Wildman–Crippen MR) is 66.1 cm³/mol. The number of hydrogen-bond donors (Lipinski definition) is 0. The van der Waals surface area contributed by atoms with E-state index in [0.29, 0.717) is 23.6 Å². The van der Waals surface area contributed by atoms with Gasteiger partial charge in [0.25, 0.3) is 0 Å². The van der Waals surface area contributed by atoms with Gasteiger partial charge in [0.15, 0.2) is 5.15 Å². The maximum absolute atomic E-state index is 5.87. The lowest BCUT2D eigenvalue weighted by molar-refractivity contribution is 0.239. The molecular formula is C12H19ClN2O. The van der Waals surface area contributed by atoms with Gasteiger partial charge in [0.05, 0.1) is 6.61 Å². The molecule has 0 radical (unpaired) electrons. The lowest BCUT2D eigenvalue weighted by Crippen LogP contribution is -2.10. The van der Waals surface area contributed by atoms with Crippen LogP contribution < -0.4 is 4.74 Å². The van der Waals surface area contributed by atoms with Crippen molar-refractivity contribution in [3.8, 4) is 5.88 Å². The lowest BCUT2D eigenvalue weighted by atomic mass is 10.1. The standard InChI is InChI=1S/C12H19ClN2O/c1-5-6-8(2)7-16-12-10(4)9(3)11(13)14-15-12/h8H,5-7H2,1-4H3. The molecule has 0 spiro atoms. The molecule has 0 bridgehead atoms. The van der Waals surface area contributed by atoms with Crippen molar-refractivity contribution in [1.29, 1.82) is 0 Å². The van der Waals surface area contributed by atoms with Crippen LogP contribution in [0, 0.1) is 19.8 Å². The molecule has 0 aromatic carbocycles. The molecule has 0 saturated heterocycles. The summed E-state index contributed by atoms with van der Waals surface area (Å²) in [5.74, 6) is 1.15. The molecule has 0 saturated carbocycles. The first-order valence-electron chi connectivity index (χ1n) is 5.68. The zero-order valence-electron chi connectivity index (χ0n) is 10.4. The fourth-order valence-corrected chi connectivity index (χ4v) is 1.67. The van der Waals surface area contributed by atoms with E-state index in [1.807, 2.05) is 13.8 Å². The van der Waals surface area contributed by atoms with Crippen molar-refractivity contribution in [2.45, 2.75) is 40.5 Å². The number of nitrogens with zero attached hydrogens (tertiary/aromatic N) is 2. The molecule has 0 aliphatic rings. The second-order valence-corrected chi connectivity index (χ2v) is 4.61. The quantitative estimate of drug-likeness (QED) is 0.792. The zero-order valence-corrected chi connectivity index (χ0v) is 11.1. The number of ether oxygens (including phenoxy) is 1. The van der Waals surface area contributed by atoms with Crippen LogP contribution in [-0.2, 0) is 0 Å². The summed E-state index contributed by atoms with van der Waals surface area (Å²) < 4.78 is 5.65. The Hall–Kier alpha value is -0.830. The maximum Gasteiger partial charge on any atom is 0.236 e. The molecule has 1 heterocycles. The van der Waals surface area contributed by atoms with Crippen LogP contribution in [0.15, 0.2) is 0 Å². The van der Waals surface area contributed by atoms with Gasteiger partial charge in [-0.05, 0) is 31.7 Å². The molecule has 0 N–H and O–H groups in total. The molecule has 4 heteroatoms. The first-order chi connectivity index (χ1) is 7.56. The molecule has 3 nitrogen and oxygen atoms in total. The average molecular weight is 243 g/mol. The molecule has 16 heavy (non-hydrogen) atoms. The van der Waals surface area contributed by atoms with Crippen molar-refractivity contribution in [3.05, 3.63) is 16.3 Å². The van der Waals surface area contributed by atoms with Crippen LogP contribution in [0.25, 0.3) is 0 Å². The SMILES string of the molecule is CCCC(C)COc1nnc(Cl)c(C)c1C. The molecule has 90 valence electrons. The van der Waals surface area contributed by atoms with Gasteiger partial charge in [0, 0.05) is 5.56 Å². The summed E-state index contributed by atoms with van der Waals surface area (Å²) in [6, 6.07) is 0. The Bertz CT molecular complexity index is 355. The van der Waals surface area contributed by atoms with E-state index < -0.39 is 0 Å².